The number of hydrogen-bond acceptors (Lipinski definition) is 2. The van der Waals surface area contributed by atoms with Gasteiger partial charge < -0.3 is 10.6 Å². The summed E-state index contributed by atoms with van der Waals surface area (Å²) in [5.74, 6) is 0.495. The maximum absolute atomic E-state index is 12.9. The maximum atomic E-state index is 12.9. The lowest BCUT2D eigenvalue weighted by Crippen LogP contribution is -2.45. The summed E-state index contributed by atoms with van der Waals surface area (Å²) >= 11 is 6.19. The Hall–Kier alpha value is -1.06. The molecule has 3 fully saturated rings. The van der Waals surface area contributed by atoms with Crippen LogP contribution in [0.25, 0.3) is 0 Å². The van der Waals surface area contributed by atoms with Crippen LogP contribution in [0.15, 0.2) is 24.3 Å². The molecule has 2 saturated carbocycles. The molecule has 4 heteroatoms. The van der Waals surface area contributed by atoms with E-state index in [0.717, 1.165) is 50.2 Å². The fourth-order valence-electron chi connectivity index (χ4n) is 4.77. The first kappa shape index (κ1) is 15.5. The first-order valence-electron chi connectivity index (χ1n) is 8.92. The molecule has 1 atom stereocenters. The van der Waals surface area contributed by atoms with Gasteiger partial charge in [0.2, 0.25) is 5.91 Å². The normalized spacial score (nSPS) is 27.8. The van der Waals surface area contributed by atoms with Gasteiger partial charge in [-0.3, -0.25) is 4.79 Å². The largest absolute Gasteiger partial charge is 0.346 e. The highest BCUT2D eigenvalue weighted by molar-refractivity contribution is 6.30. The van der Waals surface area contributed by atoms with Gasteiger partial charge in [-0.1, -0.05) is 36.6 Å². The van der Waals surface area contributed by atoms with Crippen LogP contribution in [0.2, 0.25) is 5.02 Å². The summed E-state index contributed by atoms with van der Waals surface area (Å²) in [6.07, 6.45) is 7.77. The Kier molecular flexibility index (Phi) is 3.89. The molecule has 1 saturated heterocycles. The number of carbonyl (C=O) groups excluding carboxylic acids is 1. The number of piperidine rings is 1. The molecular formula is C19H25ClN2O. The lowest BCUT2D eigenvalue weighted by molar-refractivity contribution is -0.125. The Morgan fingerprint density at radius 1 is 1.17 bits per heavy atom. The molecule has 124 valence electrons. The van der Waals surface area contributed by atoms with Crippen LogP contribution >= 0.6 is 11.6 Å². The van der Waals surface area contributed by atoms with E-state index < -0.39 is 0 Å². The minimum atomic E-state index is -0.196. The molecule has 1 heterocycles. The highest BCUT2D eigenvalue weighted by Crippen LogP contribution is 2.59. The monoisotopic (exact) mass is 332 g/mol. The van der Waals surface area contributed by atoms with Crippen LogP contribution in [-0.4, -0.2) is 19.0 Å². The van der Waals surface area contributed by atoms with Crippen molar-refractivity contribution in [3.05, 3.63) is 34.9 Å². The van der Waals surface area contributed by atoms with Crippen molar-refractivity contribution >= 4 is 17.5 Å². The van der Waals surface area contributed by atoms with Crippen LogP contribution in [0.3, 0.4) is 0 Å². The summed E-state index contributed by atoms with van der Waals surface area (Å²) in [7, 11) is 0. The molecule has 1 spiro atoms. The minimum Gasteiger partial charge on any atom is -0.346 e. The number of amides is 1. The Balaban J connectivity index is 1.52. The molecule has 0 radical (unpaired) electrons. The topological polar surface area (TPSA) is 41.1 Å². The molecule has 4 rings (SSSR count). The van der Waals surface area contributed by atoms with Gasteiger partial charge in [0.1, 0.15) is 0 Å². The average molecular weight is 333 g/mol. The third-order valence-electron chi connectivity index (χ3n) is 6.30. The van der Waals surface area contributed by atoms with Crippen LogP contribution in [0.5, 0.6) is 0 Å². The van der Waals surface area contributed by atoms with Gasteiger partial charge in [0, 0.05) is 10.9 Å². The van der Waals surface area contributed by atoms with E-state index in [0.29, 0.717) is 5.41 Å². The lowest BCUT2D eigenvalue weighted by Gasteiger charge is -2.32. The maximum Gasteiger partial charge on any atom is 0.224 e. The zero-order valence-electron chi connectivity index (χ0n) is 13.5. The molecule has 0 bridgehead atoms. The van der Waals surface area contributed by atoms with Gasteiger partial charge in [0.25, 0.3) is 0 Å². The summed E-state index contributed by atoms with van der Waals surface area (Å²) in [4.78, 5) is 12.9. The van der Waals surface area contributed by atoms with Gasteiger partial charge in [-0.25, -0.2) is 0 Å². The summed E-state index contributed by atoms with van der Waals surface area (Å²) in [6, 6.07) is 8.04. The number of rotatable bonds is 3. The highest BCUT2D eigenvalue weighted by atomic mass is 35.5. The van der Waals surface area contributed by atoms with E-state index >= 15 is 0 Å². The van der Waals surface area contributed by atoms with Crippen molar-refractivity contribution in [1.82, 2.24) is 10.6 Å². The van der Waals surface area contributed by atoms with Crippen molar-refractivity contribution < 1.29 is 4.79 Å². The second kappa shape index (κ2) is 5.78. The van der Waals surface area contributed by atoms with Gasteiger partial charge in [-0.05, 0) is 68.3 Å². The van der Waals surface area contributed by atoms with Crippen LogP contribution in [-0.2, 0) is 10.3 Å². The second-order valence-electron chi connectivity index (χ2n) is 7.66. The Morgan fingerprint density at radius 3 is 2.61 bits per heavy atom. The fourth-order valence-corrected chi connectivity index (χ4v) is 4.96. The molecule has 1 aliphatic heterocycles. The summed E-state index contributed by atoms with van der Waals surface area (Å²) < 4.78 is 0. The Morgan fingerprint density at radius 2 is 1.91 bits per heavy atom. The first-order chi connectivity index (χ1) is 11.1. The van der Waals surface area contributed by atoms with Crippen molar-refractivity contribution in [1.29, 1.82) is 0 Å². The van der Waals surface area contributed by atoms with Crippen molar-refractivity contribution in [3.63, 3.8) is 0 Å². The molecule has 2 aliphatic carbocycles. The molecule has 1 aromatic carbocycles. The van der Waals surface area contributed by atoms with Crippen LogP contribution in [0.1, 0.15) is 50.5 Å². The van der Waals surface area contributed by atoms with E-state index in [2.05, 4.69) is 16.7 Å². The Bertz CT molecular complexity index is 603. The zero-order valence-corrected chi connectivity index (χ0v) is 14.3. The van der Waals surface area contributed by atoms with Gasteiger partial charge >= 0.3 is 0 Å². The van der Waals surface area contributed by atoms with Crippen molar-refractivity contribution in [2.24, 2.45) is 11.3 Å². The van der Waals surface area contributed by atoms with E-state index in [9.17, 15) is 4.79 Å². The number of halogens is 1. The van der Waals surface area contributed by atoms with E-state index in [-0.39, 0.29) is 17.4 Å². The van der Waals surface area contributed by atoms with E-state index in [1.54, 1.807) is 0 Å². The third kappa shape index (κ3) is 2.78. The van der Waals surface area contributed by atoms with Crippen molar-refractivity contribution in [2.45, 2.75) is 50.5 Å². The zero-order chi connectivity index (χ0) is 15.9. The number of carbonyl (C=O) groups is 1. The number of nitrogens with one attached hydrogen (secondary N) is 2. The van der Waals surface area contributed by atoms with Crippen LogP contribution in [0, 0.1) is 11.3 Å². The Labute approximate surface area is 143 Å². The summed E-state index contributed by atoms with van der Waals surface area (Å²) in [5, 5.41) is 7.61. The van der Waals surface area contributed by atoms with Gasteiger partial charge in [-0.2, -0.15) is 0 Å². The first-order valence-corrected chi connectivity index (χ1v) is 9.30. The quantitative estimate of drug-likeness (QED) is 0.887. The summed E-state index contributed by atoms with van der Waals surface area (Å²) in [6.45, 7) is 2.12. The predicted molar refractivity (Wildman–Crippen MR) is 92.4 cm³/mol. The molecule has 3 nitrogen and oxygen atoms in total. The molecule has 0 aromatic heterocycles. The number of benzene rings is 1. The summed E-state index contributed by atoms with van der Waals surface area (Å²) in [5.41, 5.74) is 1.28. The van der Waals surface area contributed by atoms with Crippen LogP contribution < -0.4 is 10.6 Å². The predicted octanol–water partition coefficient (Wildman–Crippen LogP) is 3.62. The molecule has 1 aromatic rings. The number of hydrogen-bond donors (Lipinski definition) is 2. The SMILES string of the molecule is O=C(NC1(c2cccc(Cl)c2)CCCC1)C1CC12CCNCC2. The van der Waals surface area contributed by atoms with Crippen LogP contribution in [0.4, 0.5) is 0 Å². The van der Waals surface area contributed by atoms with Crippen molar-refractivity contribution in [3.8, 4) is 0 Å². The smallest absolute Gasteiger partial charge is 0.224 e. The van der Waals surface area contributed by atoms with Gasteiger partial charge in [0.15, 0.2) is 0 Å². The molecular weight excluding hydrogens is 308 g/mol. The van der Waals surface area contributed by atoms with E-state index in [1.165, 1.54) is 18.4 Å². The molecule has 2 N–H and O–H groups in total. The van der Waals surface area contributed by atoms with E-state index in [4.69, 9.17) is 11.6 Å². The standard InChI is InChI=1S/C19H25ClN2O/c20-15-5-3-4-14(12-15)19(6-1-2-7-19)22-17(23)16-13-18(16)8-10-21-11-9-18/h3-5,12,16,21H,1-2,6-11,13H2,(H,22,23). The fraction of sp³-hybridized carbons (Fsp3) is 0.632. The molecule has 1 amide bonds. The van der Waals surface area contributed by atoms with Crippen molar-refractivity contribution in [2.75, 3.05) is 13.1 Å². The van der Waals surface area contributed by atoms with E-state index in [1.807, 2.05) is 18.2 Å². The molecule has 3 aliphatic rings. The second-order valence-corrected chi connectivity index (χ2v) is 8.09. The molecule has 1 unspecified atom stereocenters. The molecule has 23 heavy (non-hydrogen) atoms. The van der Waals surface area contributed by atoms with Gasteiger partial charge in [-0.15, -0.1) is 0 Å². The van der Waals surface area contributed by atoms with Gasteiger partial charge in [0.05, 0.1) is 5.54 Å². The average Bonchev–Trinajstić information content (AvgIpc) is 3.04. The third-order valence-corrected chi connectivity index (χ3v) is 6.54. The lowest BCUT2D eigenvalue weighted by atomic mass is 9.87. The highest BCUT2D eigenvalue weighted by Gasteiger charge is 2.58. The minimum absolute atomic E-state index is 0.196.